The van der Waals surface area contributed by atoms with Gasteiger partial charge >= 0.3 is 12.0 Å². The molecule has 11 heteroatoms. The number of anilines is 1. The molecule has 1 aromatic carbocycles. The average molecular weight is 559 g/mol. The van der Waals surface area contributed by atoms with Crippen LogP contribution < -0.4 is 16.0 Å². The van der Waals surface area contributed by atoms with E-state index >= 15 is 0 Å². The van der Waals surface area contributed by atoms with Crippen LogP contribution in [-0.4, -0.2) is 55.4 Å². The number of hydrogen-bond acceptors (Lipinski definition) is 5. The van der Waals surface area contributed by atoms with Crippen molar-refractivity contribution in [2.75, 3.05) is 25.0 Å². The summed E-state index contributed by atoms with van der Waals surface area (Å²) in [6, 6.07) is 4.27. The molecule has 1 saturated carbocycles. The number of nitrogens with zero attached hydrogens (tertiary/aromatic N) is 1. The number of benzene rings is 1. The molecule has 0 atom stereocenters. The molecule has 3 amide bonds. The highest BCUT2D eigenvalue weighted by molar-refractivity contribution is 7.92. The van der Waals surface area contributed by atoms with E-state index in [1.807, 2.05) is 6.08 Å². The third-order valence-corrected chi connectivity index (χ3v) is 8.57. The molecule has 0 saturated heterocycles. The van der Waals surface area contributed by atoms with Gasteiger partial charge in [-0.05, 0) is 73.9 Å². The van der Waals surface area contributed by atoms with E-state index in [2.05, 4.69) is 28.6 Å². The lowest BCUT2D eigenvalue weighted by atomic mass is 9.81. The summed E-state index contributed by atoms with van der Waals surface area (Å²) in [5.41, 5.74) is 5.92. The Bertz CT molecular complexity index is 1260. The van der Waals surface area contributed by atoms with Crippen LogP contribution in [-0.2, 0) is 19.6 Å². The van der Waals surface area contributed by atoms with Gasteiger partial charge in [-0.15, -0.1) is 5.73 Å². The van der Waals surface area contributed by atoms with Gasteiger partial charge in [0, 0.05) is 36.5 Å². The molecule has 1 aliphatic heterocycles. The molecule has 212 valence electrons. The predicted octanol–water partition coefficient (Wildman–Crippen LogP) is 3.97. The van der Waals surface area contributed by atoms with E-state index in [1.54, 1.807) is 25.1 Å². The molecule has 1 aliphatic carbocycles. The van der Waals surface area contributed by atoms with Crippen LogP contribution in [0.4, 0.5) is 10.5 Å². The average Bonchev–Trinajstić information content (AvgIpc) is 2.92. The van der Waals surface area contributed by atoms with Gasteiger partial charge in [0.05, 0.1) is 5.70 Å². The molecule has 3 rings (SSSR count). The summed E-state index contributed by atoms with van der Waals surface area (Å²) >= 11 is 0. The lowest BCUT2D eigenvalue weighted by Gasteiger charge is -2.27. The Labute approximate surface area is 230 Å². The number of nitrogens with one attached hydrogen (secondary N) is 3. The Kier molecular flexibility index (Phi) is 10.9. The van der Waals surface area contributed by atoms with E-state index < -0.39 is 28.6 Å². The number of carbonyl (C=O) groups is 3. The molecule has 4 N–H and O–H groups in total. The number of carbonyl (C=O) groups excluding carboxylic acids is 2. The van der Waals surface area contributed by atoms with Crippen LogP contribution >= 0.6 is 0 Å². The number of urea groups is 1. The van der Waals surface area contributed by atoms with Crippen molar-refractivity contribution in [1.29, 1.82) is 0 Å². The Morgan fingerprint density at radius 1 is 1.21 bits per heavy atom. The van der Waals surface area contributed by atoms with E-state index in [-0.39, 0.29) is 24.8 Å². The van der Waals surface area contributed by atoms with Crippen LogP contribution in [0.3, 0.4) is 0 Å². The minimum atomic E-state index is -3.79. The van der Waals surface area contributed by atoms with Gasteiger partial charge in [-0.1, -0.05) is 25.8 Å². The fraction of sp³-hybridized carbons (Fsp3) is 0.500. The summed E-state index contributed by atoms with van der Waals surface area (Å²) in [7, 11) is -3.79. The van der Waals surface area contributed by atoms with E-state index in [1.165, 1.54) is 10.4 Å². The number of aryl methyl sites for hydroxylation is 1. The molecular formula is C28H38N4O6S. The van der Waals surface area contributed by atoms with Crippen molar-refractivity contribution in [3.05, 3.63) is 52.2 Å². The first kappa shape index (κ1) is 30.1. The fourth-order valence-corrected chi connectivity index (χ4v) is 5.90. The van der Waals surface area contributed by atoms with Crippen LogP contribution in [0.15, 0.2) is 41.1 Å². The lowest BCUT2D eigenvalue weighted by molar-refractivity contribution is -0.135. The third kappa shape index (κ3) is 9.69. The summed E-state index contributed by atoms with van der Waals surface area (Å²) in [5, 5.41) is 17.5. The van der Waals surface area contributed by atoms with Crippen molar-refractivity contribution in [2.45, 2.75) is 58.8 Å². The quantitative estimate of drug-likeness (QED) is 0.373. The molecule has 1 heterocycles. The molecule has 2 aliphatic rings. The second kappa shape index (κ2) is 14.1. The molecule has 0 unspecified atom stereocenters. The maximum Gasteiger partial charge on any atom is 0.323 e. The minimum Gasteiger partial charge on any atom is -0.480 e. The first-order valence-electron chi connectivity index (χ1n) is 13.3. The van der Waals surface area contributed by atoms with Gasteiger partial charge in [0.15, 0.2) is 0 Å². The third-order valence-electron chi connectivity index (χ3n) is 7.01. The summed E-state index contributed by atoms with van der Waals surface area (Å²) in [4.78, 5) is 35.1. The molecular weight excluding hydrogens is 520 g/mol. The Morgan fingerprint density at radius 2 is 1.95 bits per heavy atom. The van der Waals surface area contributed by atoms with Gasteiger partial charge in [0.1, 0.15) is 6.54 Å². The van der Waals surface area contributed by atoms with E-state index in [0.717, 1.165) is 42.4 Å². The molecule has 0 aromatic heterocycles. The van der Waals surface area contributed by atoms with Crippen LogP contribution in [0.1, 0.15) is 63.0 Å². The van der Waals surface area contributed by atoms with Gasteiger partial charge in [-0.25, -0.2) is 13.2 Å². The van der Waals surface area contributed by atoms with Crippen molar-refractivity contribution < 1.29 is 27.9 Å². The highest BCUT2D eigenvalue weighted by Crippen LogP contribution is 2.32. The molecule has 1 aromatic rings. The van der Waals surface area contributed by atoms with Crippen LogP contribution in [0.5, 0.6) is 0 Å². The summed E-state index contributed by atoms with van der Waals surface area (Å²) in [6.45, 7) is 3.90. The number of allylic oxidation sites excluding steroid dienone is 1. The Balaban J connectivity index is 1.63. The highest BCUT2D eigenvalue weighted by atomic mass is 32.2. The molecule has 1 fully saturated rings. The predicted molar refractivity (Wildman–Crippen MR) is 150 cm³/mol. The molecule has 0 bridgehead atoms. The maximum absolute atomic E-state index is 13.2. The molecule has 0 spiro atoms. The smallest absolute Gasteiger partial charge is 0.323 e. The summed E-state index contributed by atoms with van der Waals surface area (Å²) in [6.07, 6.45) is 9.04. The van der Waals surface area contributed by atoms with Crippen LogP contribution in [0, 0.1) is 18.8 Å². The molecule has 0 radical (unpaired) electrons. The second-order valence-corrected chi connectivity index (χ2v) is 12.0. The number of sulfonamides is 1. The van der Waals surface area contributed by atoms with Crippen LogP contribution in [0.2, 0.25) is 0 Å². The topological polar surface area (TPSA) is 145 Å². The number of carboxylic acid groups (broad SMARTS) is 1. The standard InChI is InChI=1S/C28H38N4O6S/c1-20-7-9-23(10-8-20)25-6-4-3-5-15-32(16-13-26(33)31-25)39(37,38)17-14-22-11-12-24(18-21(22)2)30-28(36)29-19-27(34)35/h4,11-12,14,17-18,20,23H,3,5,7-10,13,15-16,19H2,1-2H3,(H,31,33)(H,34,35)(H2,29,30,36)/b17-14+. The maximum atomic E-state index is 13.2. The second-order valence-electron chi connectivity index (χ2n) is 10.2. The number of rotatable bonds is 7. The fourth-order valence-electron chi connectivity index (χ4n) is 4.68. The minimum absolute atomic E-state index is 0.0602. The summed E-state index contributed by atoms with van der Waals surface area (Å²) < 4.78 is 27.7. The van der Waals surface area contributed by atoms with Crippen molar-refractivity contribution in [3.8, 4) is 0 Å². The zero-order chi connectivity index (χ0) is 28.4. The van der Waals surface area contributed by atoms with Gasteiger partial charge in [0.2, 0.25) is 15.9 Å². The van der Waals surface area contributed by atoms with E-state index in [4.69, 9.17) is 5.11 Å². The van der Waals surface area contributed by atoms with Gasteiger partial charge in [-0.2, -0.15) is 4.31 Å². The monoisotopic (exact) mass is 558 g/mol. The Morgan fingerprint density at radius 3 is 2.64 bits per heavy atom. The van der Waals surface area contributed by atoms with Gasteiger partial charge in [-0.3, -0.25) is 9.59 Å². The van der Waals surface area contributed by atoms with Crippen molar-refractivity contribution in [3.63, 3.8) is 0 Å². The number of amides is 3. The van der Waals surface area contributed by atoms with E-state index in [9.17, 15) is 22.8 Å². The van der Waals surface area contributed by atoms with Gasteiger partial charge < -0.3 is 21.1 Å². The van der Waals surface area contributed by atoms with E-state index in [0.29, 0.717) is 36.6 Å². The molecule has 39 heavy (non-hydrogen) atoms. The van der Waals surface area contributed by atoms with Crippen LogP contribution in [0.25, 0.3) is 6.08 Å². The largest absolute Gasteiger partial charge is 0.480 e. The zero-order valence-corrected chi connectivity index (χ0v) is 23.4. The molecule has 10 nitrogen and oxygen atoms in total. The lowest BCUT2D eigenvalue weighted by Crippen LogP contribution is -2.35. The van der Waals surface area contributed by atoms with Crippen molar-refractivity contribution in [1.82, 2.24) is 14.9 Å². The van der Waals surface area contributed by atoms with Crippen molar-refractivity contribution >= 4 is 39.7 Å². The first-order valence-corrected chi connectivity index (χ1v) is 14.8. The number of aliphatic carboxylic acids is 1. The SMILES string of the molecule is Cc1cc(NC(=O)NCC(=O)O)ccc1/C=C/S(=O)(=O)N1CCCC=C=C(C2CCC(C)CC2)NC(=O)CC1. The number of carboxylic acids is 1. The number of hydrogen-bond donors (Lipinski definition) is 4. The van der Waals surface area contributed by atoms with Crippen molar-refractivity contribution in [2.24, 2.45) is 11.8 Å². The zero-order valence-electron chi connectivity index (χ0n) is 22.5. The summed E-state index contributed by atoms with van der Waals surface area (Å²) in [5.74, 6) is -0.375. The Hall–Kier alpha value is -3.40. The normalized spacial score (nSPS) is 21.5. The van der Waals surface area contributed by atoms with Gasteiger partial charge in [0.25, 0.3) is 0 Å². The first-order chi connectivity index (χ1) is 18.5. The highest BCUT2D eigenvalue weighted by Gasteiger charge is 2.24.